The second kappa shape index (κ2) is 23.5. The quantitative estimate of drug-likeness (QED) is 0.0538. The summed E-state index contributed by atoms with van der Waals surface area (Å²) in [6, 6.07) is 20.8. The molecule has 0 aliphatic heterocycles. The molecule has 3 aliphatic carbocycles. The number of rotatable bonds is 9. The van der Waals surface area contributed by atoms with Gasteiger partial charge in [0, 0.05) is 40.7 Å². The first-order chi connectivity index (χ1) is 33.6. The van der Waals surface area contributed by atoms with E-state index in [0.717, 1.165) is 51.2 Å². The molecule has 0 atom stereocenters. The number of ether oxygens (including phenoxy) is 5. The van der Waals surface area contributed by atoms with Crippen LogP contribution in [0.1, 0.15) is 103 Å². The van der Waals surface area contributed by atoms with Crippen molar-refractivity contribution in [1.29, 1.82) is 0 Å². The van der Waals surface area contributed by atoms with Gasteiger partial charge in [0.25, 0.3) is 5.56 Å². The molecule has 0 fully saturated rings. The Morgan fingerprint density at radius 3 is 1.53 bits per heavy atom. The molecule has 0 saturated carbocycles. The highest BCUT2D eigenvalue weighted by Gasteiger charge is 2.28. The van der Waals surface area contributed by atoms with Gasteiger partial charge in [-0.15, -0.1) is 0 Å². The van der Waals surface area contributed by atoms with Gasteiger partial charge in [0.1, 0.15) is 11.5 Å². The maximum atomic E-state index is 11.9. The fourth-order valence-electron chi connectivity index (χ4n) is 7.60. The molecule has 6 aromatic rings. The molecule has 0 bridgehead atoms. The molecule has 4 aromatic carbocycles. The minimum Gasteiger partial charge on any atom is -0.465 e. The van der Waals surface area contributed by atoms with Crippen molar-refractivity contribution in [3.05, 3.63) is 167 Å². The van der Waals surface area contributed by atoms with Crippen molar-refractivity contribution >= 4 is 68.6 Å². The Kier molecular flexibility index (Phi) is 17.4. The largest absolute Gasteiger partial charge is 0.465 e. The zero-order valence-corrected chi connectivity index (χ0v) is 41.1. The van der Waals surface area contributed by atoms with Crippen LogP contribution in [0.4, 0.5) is 5.69 Å². The number of allylic oxidation sites excluding steroid dienone is 1. The monoisotopic (exact) mass is 1030 g/mol. The summed E-state index contributed by atoms with van der Waals surface area (Å²) < 4.78 is 25.1. The number of esters is 5. The van der Waals surface area contributed by atoms with Crippen LogP contribution in [0.15, 0.2) is 100 Å². The van der Waals surface area contributed by atoms with Crippen LogP contribution in [-0.2, 0) is 47.7 Å². The minimum atomic E-state index is -0.489. The molecule has 0 spiro atoms. The number of halogens is 2. The van der Waals surface area contributed by atoms with Gasteiger partial charge in [0.2, 0.25) is 0 Å². The van der Waals surface area contributed by atoms with Gasteiger partial charge in [-0.3, -0.25) is 4.79 Å². The number of aromatic amines is 1. The Morgan fingerprint density at radius 2 is 1.04 bits per heavy atom. The van der Waals surface area contributed by atoms with E-state index in [1.165, 1.54) is 19.8 Å². The average Bonchev–Trinajstić information content (AvgIpc) is 4.03. The number of carbonyl (C=O) groups is 5. The van der Waals surface area contributed by atoms with Crippen molar-refractivity contribution in [2.75, 3.05) is 39.3 Å². The van der Waals surface area contributed by atoms with E-state index >= 15 is 0 Å². The Morgan fingerprint density at radius 1 is 0.600 bits per heavy atom. The van der Waals surface area contributed by atoms with Gasteiger partial charge in [0.15, 0.2) is 0 Å². The highest BCUT2D eigenvalue weighted by Crippen LogP contribution is 2.40. The van der Waals surface area contributed by atoms with Crippen LogP contribution in [0.25, 0.3) is 27.8 Å². The number of hydrogen-bond acceptors (Lipinski definition) is 16. The van der Waals surface area contributed by atoms with Gasteiger partial charge < -0.3 is 40.1 Å². The average molecular weight is 1040 g/mol. The highest BCUT2D eigenvalue weighted by molar-refractivity contribution is 9.10. The standard InChI is InChI=1S/C14H11ClN2O2.C14H12N2O3.C14H15NO4.C9H10BrNO2/c1-2-19-14(18)9-4-3-8-6-11-12(10(8)5-9)13(15)17-7-16-11;1-2-19-14(18)9-4-3-8-6-11-12(10(8)5-9)13(17)16-7-15-11;1-3-19-13(16)9-5-4-8-7-11(15)12(10(8)6-9)14(17)18-2;1-2-13-9(12)6-3-4-8(11)7(10)5-6/h3-5,7H,2,6H2,1H3;3-5,7H,2,6H2,1H3,(H,15,16,17);4-6H,3,7,15H2,1-2H3;3-5H,2,11H2,1H3. The van der Waals surface area contributed by atoms with Gasteiger partial charge in [-0.2, -0.15) is 0 Å². The molecule has 9 rings (SSSR count). The van der Waals surface area contributed by atoms with E-state index in [2.05, 4.69) is 35.9 Å². The van der Waals surface area contributed by atoms with Crippen LogP contribution in [0.3, 0.4) is 0 Å². The molecular weight excluding hydrogens is 988 g/mol. The van der Waals surface area contributed by atoms with E-state index in [1.54, 1.807) is 88.4 Å². The molecule has 0 saturated heterocycles. The third-order valence-electron chi connectivity index (χ3n) is 10.8. The molecule has 17 nitrogen and oxygen atoms in total. The van der Waals surface area contributed by atoms with E-state index in [-0.39, 0.29) is 23.5 Å². The first-order valence-corrected chi connectivity index (χ1v) is 23.1. The summed E-state index contributed by atoms with van der Waals surface area (Å²) in [5.74, 6) is -1.94. The second-order valence-corrected chi connectivity index (χ2v) is 16.4. The van der Waals surface area contributed by atoms with Crippen molar-refractivity contribution in [3.8, 4) is 22.3 Å². The molecule has 2 aromatic heterocycles. The van der Waals surface area contributed by atoms with Crippen molar-refractivity contribution < 1.29 is 47.7 Å². The molecule has 19 heteroatoms. The summed E-state index contributed by atoms with van der Waals surface area (Å²) >= 11 is 9.36. The van der Waals surface area contributed by atoms with E-state index in [1.807, 2.05) is 12.1 Å². The van der Waals surface area contributed by atoms with Crippen LogP contribution < -0.4 is 17.0 Å². The predicted molar refractivity (Wildman–Crippen MR) is 264 cm³/mol. The molecular formula is C51H48BrClN6O11. The molecule has 3 aliphatic rings. The topological polar surface area (TPSA) is 255 Å². The van der Waals surface area contributed by atoms with Crippen molar-refractivity contribution in [2.24, 2.45) is 5.73 Å². The van der Waals surface area contributed by atoms with E-state index in [0.29, 0.717) is 99.2 Å². The number of nitrogen functional groups attached to an aromatic ring is 1. The minimum absolute atomic E-state index is 0.176. The summed E-state index contributed by atoms with van der Waals surface area (Å²) in [6.07, 6.45) is 4.69. The number of aromatic nitrogens is 4. The lowest BCUT2D eigenvalue weighted by Gasteiger charge is -2.07. The lowest BCUT2D eigenvalue weighted by molar-refractivity contribution is -0.133. The number of nitrogens with zero attached hydrogens (tertiary/aromatic N) is 3. The summed E-state index contributed by atoms with van der Waals surface area (Å²) in [7, 11) is 1.30. The molecule has 0 radical (unpaired) electrons. The Bertz CT molecular complexity index is 3100. The zero-order chi connectivity index (χ0) is 50.6. The lowest BCUT2D eigenvalue weighted by atomic mass is 10.0. The Labute approximate surface area is 415 Å². The van der Waals surface area contributed by atoms with Crippen LogP contribution in [-0.4, -0.2) is 83.3 Å². The Hall–Kier alpha value is -7.70. The molecule has 0 amide bonds. The van der Waals surface area contributed by atoms with Crippen molar-refractivity contribution in [2.45, 2.75) is 47.0 Å². The summed E-state index contributed by atoms with van der Waals surface area (Å²) in [5.41, 5.74) is 22.9. The number of fused-ring (bicyclic) bond motifs is 7. The highest BCUT2D eigenvalue weighted by atomic mass is 79.9. The smallest absolute Gasteiger partial charge is 0.340 e. The fraction of sp³-hybridized carbons (Fsp3) is 0.235. The summed E-state index contributed by atoms with van der Waals surface area (Å²) in [6.45, 7) is 8.41. The Balaban J connectivity index is 0.000000155. The SMILES string of the molecule is CCOC(=O)c1ccc(N)c(Br)c1.CCOC(=O)c1ccc2c(c1)-c1c(Cl)ncnc1C2.CCOC(=O)c1ccc2c(c1)-c1c(nc[nH]c1=O)C2.CCOC(=O)c1ccc2c(c1)C(C(=O)OC)=C(N)C2. The van der Waals surface area contributed by atoms with E-state index in [4.69, 9.17) is 46.8 Å². The zero-order valence-electron chi connectivity index (χ0n) is 38.8. The molecule has 70 heavy (non-hydrogen) atoms. The van der Waals surface area contributed by atoms with Crippen molar-refractivity contribution in [3.63, 3.8) is 0 Å². The lowest BCUT2D eigenvalue weighted by Crippen LogP contribution is -2.10. The molecule has 5 N–H and O–H groups in total. The molecule has 2 heterocycles. The number of benzene rings is 4. The van der Waals surface area contributed by atoms with E-state index < -0.39 is 11.9 Å². The normalized spacial score (nSPS) is 11.8. The molecule has 0 unspecified atom stereocenters. The number of anilines is 1. The first kappa shape index (κ1) is 51.7. The van der Waals surface area contributed by atoms with Gasteiger partial charge in [-0.25, -0.2) is 38.9 Å². The number of nitrogens with one attached hydrogen (secondary N) is 1. The fourth-order valence-corrected chi connectivity index (χ4v) is 8.23. The van der Waals surface area contributed by atoms with Crippen LogP contribution in [0.2, 0.25) is 5.15 Å². The third kappa shape index (κ3) is 11.8. The van der Waals surface area contributed by atoms with Gasteiger partial charge in [-0.05, 0) is 132 Å². The number of nitrogens with two attached hydrogens (primary N) is 2. The van der Waals surface area contributed by atoms with Gasteiger partial charge >= 0.3 is 29.8 Å². The van der Waals surface area contributed by atoms with E-state index in [9.17, 15) is 28.8 Å². The van der Waals surface area contributed by atoms with Crippen LogP contribution >= 0.6 is 27.5 Å². The molecule has 362 valence electrons. The maximum absolute atomic E-state index is 11.9. The van der Waals surface area contributed by atoms with Crippen LogP contribution in [0.5, 0.6) is 0 Å². The maximum Gasteiger partial charge on any atom is 0.340 e. The van der Waals surface area contributed by atoms with Crippen LogP contribution in [0, 0.1) is 0 Å². The van der Waals surface area contributed by atoms with Crippen molar-refractivity contribution in [1.82, 2.24) is 19.9 Å². The number of carbonyl (C=O) groups excluding carboxylic acids is 5. The number of methoxy groups -OCH3 is 1. The summed E-state index contributed by atoms with van der Waals surface area (Å²) in [4.78, 5) is 84.9. The first-order valence-electron chi connectivity index (χ1n) is 21.9. The summed E-state index contributed by atoms with van der Waals surface area (Å²) in [5, 5.41) is 0.421. The van der Waals surface area contributed by atoms with Gasteiger partial charge in [0.05, 0.1) is 84.6 Å². The van der Waals surface area contributed by atoms with Gasteiger partial charge in [-0.1, -0.05) is 29.8 Å². The number of hydrogen-bond donors (Lipinski definition) is 3. The second-order valence-electron chi connectivity index (χ2n) is 15.2. The predicted octanol–water partition coefficient (Wildman–Crippen LogP) is 7.87. The number of H-pyrrole nitrogens is 1. The third-order valence-corrected chi connectivity index (χ3v) is 11.8.